The van der Waals surface area contributed by atoms with Crippen LogP contribution in [0, 0.1) is 0 Å². The molecule has 13 heavy (non-hydrogen) atoms. The number of amides is 1. The van der Waals surface area contributed by atoms with Gasteiger partial charge in [-0.1, -0.05) is 37.6 Å². The van der Waals surface area contributed by atoms with E-state index in [1.54, 1.807) is 31.3 Å². The lowest BCUT2D eigenvalue weighted by atomic mass is 10.2. The topological polar surface area (TPSA) is 29.1 Å². The summed E-state index contributed by atoms with van der Waals surface area (Å²) in [5.74, 6) is -0.157. The third-order valence-electron chi connectivity index (χ3n) is 1.35. The minimum atomic E-state index is -0.157. The highest BCUT2D eigenvalue weighted by Crippen LogP contribution is 2.13. The number of hydrogen-bond donors (Lipinski definition) is 1. The van der Waals surface area contributed by atoms with Crippen LogP contribution < -0.4 is 5.32 Å². The molecule has 3 heteroatoms. The van der Waals surface area contributed by atoms with Crippen molar-refractivity contribution in [2.75, 3.05) is 7.05 Å². The van der Waals surface area contributed by atoms with Gasteiger partial charge in [0, 0.05) is 7.05 Å². The predicted octanol–water partition coefficient (Wildman–Crippen LogP) is 2.73. The average Bonchev–Trinajstić information content (AvgIpc) is 2.20. The van der Waals surface area contributed by atoms with Gasteiger partial charge in [0.05, 0.1) is 10.6 Å². The molecule has 0 aliphatic heterocycles. The van der Waals surface area contributed by atoms with Gasteiger partial charge in [-0.05, 0) is 12.1 Å². The molecule has 0 heterocycles. The maximum atomic E-state index is 11.0. The van der Waals surface area contributed by atoms with E-state index in [2.05, 4.69) is 5.32 Å². The smallest absolute Gasteiger partial charge is 0.252 e. The van der Waals surface area contributed by atoms with Crippen LogP contribution in [0.15, 0.2) is 24.3 Å². The first-order valence-electron chi connectivity index (χ1n) is 4.22. The third kappa shape index (κ3) is 3.47. The molecule has 1 N–H and O–H groups in total. The number of carbonyl (C=O) groups excluding carboxylic acids is 1. The molecule has 1 rings (SSSR count). The molecule has 0 aliphatic rings. The summed E-state index contributed by atoms with van der Waals surface area (Å²) < 4.78 is 0. The van der Waals surface area contributed by atoms with Crippen LogP contribution in [0.2, 0.25) is 5.02 Å². The molecule has 1 aromatic rings. The zero-order valence-electron chi connectivity index (χ0n) is 8.10. The molecule has 0 atom stereocenters. The summed E-state index contributed by atoms with van der Waals surface area (Å²) in [5.41, 5.74) is 0.511. The van der Waals surface area contributed by atoms with Crippen LogP contribution in [0.4, 0.5) is 0 Å². The predicted molar refractivity (Wildman–Crippen MR) is 56.2 cm³/mol. The highest BCUT2D eigenvalue weighted by molar-refractivity contribution is 6.33. The Hall–Kier alpha value is -1.02. The summed E-state index contributed by atoms with van der Waals surface area (Å²) in [6, 6.07) is 6.93. The molecule has 1 amide bonds. The van der Waals surface area contributed by atoms with E-state index in [9.17, 15) is 4.79 Å². The number of nitrogens with one attached hydrogen (secondary N) is 1. The molecule has 0 saturated heterocycles. The molecule has 72 valence electrons. The van der Waals surface area contributed by atoms with E-state index in [1.165, 1.54) is 0 Å². The van der Waals surface area contributed by atoms with Crippen molar-refractivity contribution in [3.8, 4) is 0 Å². The van der Waals surface area contributed by atoms with Gasteiger partial charge in [-0.25, -0.2) is 0 Å². The second-order valence-corrected chi connectivity index (χ2v) is 2.47. The Bertz CT molecular complexity index is 273. The maximum absolute atomic E-state index is 11.0. The monoisotopic (exact) mass is 199 g/mol. The van der Waals surface area contributed by atoms with Gasteiger partial charge in [-0.2, -0.15) is 0 Å². The molecule has 0 aliphatic carbocycles. The van der Waals surface area contributed by atoms with Gasteiger partial charge in [0.25, 0.3) is 5.91 Å². The lowest BCUT2D eigenvalue weighted by molar-refractivity contribution is 0.0963. The van der Waals surface area contributed by atoms with Gasteiger partial charge in [0.1, 0.15) is 0 Å². The Labute approximate surface area is 83.9 Å². The zero-order chi connectivity index (χ0) is 10.3. The zero-order valence-corrected chi connectivity index (χ0v) is 8.85. The number of hydrogen-bond acceptors (Lipinski definition) is 1. The summed E-state index contributed by atoms with van der Waals surface area (Å²) in [5, 5.41) is 2.98. The quantitative estimate of drug-likeness (QED) is 0.741. The van der Waals surface area contributed by atoms with Gasteiger partial charge in [0.15, 0.2) is 0 Å². The average molecular weight is 200 g/mol. The molecule has 0 aromatic heterocycles. The SMILES string of the molecule is CC.CNC(=O)c1ccccc1Cl. The Balaban J connectivity index is 0.000000671. The lowest BCUT2D eigenvalue weighted by Gasteiger charge is -2.00. The van der Waals surface area contributed by atoms with Crippen LogP contribution in [0.25, 0.3) is 0 Å². The van der Waals surface area contributed by atoms with Crippen LogP contribution in [0.5, 0.6) is 0 Å². The normalized spacial score (nSPS) is 8.31. The Morgan fingerprint density at radius 2 is 1.85 bits per heavy atom. The van der Waals surface area contributed by atoms with Crippen molar-refractivity contribution >= 4 is 17.5 Å². The van der Waals surface area contributed by atoms with Crippen molar-refractivity contribution in [2.45, 2.75) is 13.8 Å². The number of benzene rings is 1. The van der Waals surface area contributed by atoms with Gasteiger partial charge in [-0.15, -0.1) is 0 Å². The van der Waals surface area contributed by atoms with E-state index in [1.807, 2.05) is 13.8 Å². The van der Waals surface area contributed by atoms with Gasteiger partial charge < -0.3 is 5.32 Å². The Morgan fingerprint density at radius 1 is 1.31 bits per heavy atom. The molecule has 0 unspecified atom stereocenters. The summed E-state index contributed by atoms with van der Waals surface area (Å²) in [4.78, 5) is 11.0. The van der Waals surface area contributed by atoms with Crippen molar-refractivity contribution in [3.63, 3.8) is 0 Å². The molecule has 0 spiro atoms. The largest absolute Gasteiger partial charge is 0.355 e. The van der Waals surface area contributed by atoms with Gasteiger partial charge in [0.2, 0.25) is 0 Å². The van der Waals surface area contributed by atoms with Crippen molar-refractivity contribution in [1.29, 1.82) is 0 Å². The molecule has 0 fully saturated rings. The summed E-state index contributed by atoms with van der Waals surface area (Å²) in [6.45, 7) is 4.00. The standard InChI is InChI=1S/C8H8ClNO.C2H6/c1-10-8(11)6-4-2-3-5-7(6)9;1-2/h2-5H,1H3,(H,10,11);1-2H3. The second-order valence-electron chi connectivity index (χ2n) is 2.06. The summed E-state index contributed by atoms with van der Waals surface area (Å²) in [7, 11) is 1.58. The molecule has 0 bridgehead atoms. The highest BCUT2D eigenvalue weighted by Gasteiger charge is 2.05. The third-order valence-corrected chi connectivity index (χ3v) is 1.68. The number of halogens is 1. The Morgan fingerprint density at radius 3 is 2.31 bits per heavy atom. The van der Waals surface area contributed by atoms with Crippen molar-refractivity contribution in [1.82, 2.24) is 5.32 Å². The number of carbonyl (C=O) groups is 1. The molecule has 0 radical (unpaired) electrons. The summed E-state index contributed by atoms with van der Waals surface area (Å²) in [6.07, 6.45) is 0. The van der Waals surface area contributed by atoms with Crippen LogP contribution in [-0.4, -0.2) is 13.0 Å². The van der Waals surface area contributed by atoms with E-state index >= 15 is 0 Å². The Kier molecular flexibility index (Phi) is 5.98. The van der Waals surface area contributed by atoms with Crippen LogP contribution in [0.3, 0.4) is 0 Å². The van der Waals surface area contributed by atoms with Crippen molar-refractivity contribution in [2.24, 2.45) is 0 Å². The van der Waals surface area contributed by atoms with Crippen LogP contribution in [-0.2, 0) is 0 Å². The van der Waals surface area contributed by atoms with Crippen LogP contribution in [0.1, 0.15) is 24.2 Å². The van der Waals surface area contributed by atoms with E-state index in [0.29, 0.717) is 10.6 Å². The minimum absolute atomic E-state index is 0.157. The lowest BCUT2D eigenvalue weighted by Crippen LogP contribution is -2.17. The maximum Gasteiger partial charge on any atom is 0.252 e. The van der Waals surface area contributed by atoms with E-state index in [4.69, 9.17) is 11.6 Å². The first-order chi connectivity index (χ1) is 6.25. The fraction of sp³-hybridized carbons (Fsp3) is 0.300. The molecule has 1 aromatic carbocycles. The van der Waals surface area contributed by atoms with Crippen molar-refractivity contribution < 1.29 is 4.79 Å². The molecular weight excluding hydrogens is 186 g/mol. The fourth-order valence-corrected chi connectivity index (χ4v) is 1.00. The minimum Gasteiger partial charge on any atom is -0.355 e. The van der Waals surface area contributed by atoms with Gasteiger partial charge in [-0.3, -0.25) is 4.79 Å². The highest BCUT2D eigenvalue weighted by atomic mass is 35.5. The van der Waals surface area contributed by atoms with Crippen LogP contribution >= 0.6 is 11.6 Å². The first-order valence-corrected chi connectivity index (χ1v) is 4.60. The fourth-order valence-electron chi connectivity index (χ4n) is 0.780. The molecule has 0 saturated carbocycles. The van der Waals surface area contributed by atoms with Gasteiger partial charge >= 0.3 is 0 Å². The van der Waals surface area contributed by atoms with E-state index < -0.39 is 0 Å². The summed E-state index contributed by atoms with van der Waals surface area (Å²) >= 11 is 5.74. The molecular formula is C10H14ClNO. The molecule has 2 nitrogen and oxygen atoms in total. The van der Waals surface area contributed by atoms with Crippen molar-refractivity contribution in [3.05, 3.63) is 34.9 Å². The van der Waals surface area contributed by atoms with E-state index in [-0.39, 0.29) is 5.91 Å². The second kappa shape index (κ2) is 6.49. The number of rotatable bonds is 1. The first kappa shape index (κ1) is 12.0. The van der Waals surface area contributed by atoms with E-state index in [0.717, 1.165) is 0 Å².